The molecular weight excluding hydrogens is 196 g/mol. The van der Waals surface area contributed by atoms with Crippen LogP contribution in [0, 0.1) is 21.7 Å². The Morgan fingerprint density at radius 3 is 2.64 bits per heavy atom. The van der Waals surface area contributed by atoms with Crippen molar-refractivity contribution in [2.45, 2.75) is 6.54 Å². The molecule has 1 aromatic rings. The van der Waals surface area contributed by atoms with Crippen LogP contribution in [-0.4, -0.2) is 12.0 Å². The highest BCUT2D eigenvalue weighted by Crippen LogP contribution is 2.25. The molecule has 0 aliphatic carbocycles. The lowest BCUT2D eigenvalue weighted by atomic mass is 10.2. The molecule has 0 fully saturated rings. The standard InChI is InChI=1S/C8H7F2NO3/c1-14-8-5(4-11(12)13)2-3-6(9)7(8)10/h2-3H,4H2,1H3. The average Bonchev–Trinajstić information content (AvgIpc) is 2.11. The molecule has 0 amide bonds. The first-order valence-corrected chi connectivity index (χ1v) is 3.69. The van der Waals surface area contributed by atoms with Gasteiger partial charge in [-0.25, -0.2) is 4.39 Å². The van der Waals surface area contributed by atoms with E-state index in [0.717, 1.165) is 19.2 Å². The zero-order valence-corrected chi connectivity index (χ0v) is 7.29. The second-order valence-corrected chi connectivity index (χ2v) is 2.54. The molecule has 14 heavy (non-hydrogen) atoms. The van der Waals surface area contributed by atoms with Crippen LogP contribution < -0.4 is 4.74 Å². The maximum absolute atomic E-state index is 13.0. The number of rotatable bonds is 3. The van der Waals surface area contributed by atoms with E-state index >= 15 is 0 Å². The lowest BCUT2D eigenvalue weighted by Crippen LogP contribution is -2.03. The van der Waals surface area contributed by atoms with Gasteiger partial charge in [0.15, 0.2) is 11.6 Å². The quantitative estimate of drug-likeness (QED) is 0.555. The minimum atomic E-state index is -1.20. The zero-order chi connectivity index (χ0) is 10.7. The number of nitrogens with zero attached hydrogens (tertiary/aromatic N) is 1. The smallest absolute Gasteiger partial charge is 0.232 e. The molecule has 0 bridgehead atoms. The molecule has 0 N–H and O–H groups in total. The van der Waals surface area contributed by atoms with Crippen molar-refractivity contribution in [2.75, 3.05) is 7.11 Å². The third kappa shape index (κ3) is 1.95. The molecule has 0 spiro atoms. The van der Waals surface area contributed by atoms with Crippen LogP contribution in [0.2, 0.25) is 0 Å². The van der Waals surface area contributed by atoms with Gasteiger partial charge in [0.25, 0.3) is 0 Å². The highest BCUT2D eigenvalue weighted by Gasteiger charge is 2.17. The van der Waals surface area contributed by atoms with Crippen molar-refractivity contribution in [3.8, 4) is 5.75 Å². The second-order valence-electron chi connectivity index (χ2n) is 2.54. The molecule has 1 aromatic carbocycles. The Morgan fingerprint density at radius 1 is 1.50 bits per heavy atom. The second kappa shape index (κ2) is 3.99. The van der Waals surface area contributed by atoms with Crippen LogP contribution in [0.3, 0.4) is 0 Å². The molecule has 0 aromatic heterocycles. The maximum atomic E-state index is 13.0. The van der Waals surface area contributed by atoms with Crippen LogP contribution in [0.1, 0.15) is 5.56 Å². The van der Waals surface area contributed by atoms with Crippen LogP contribution in [0.4, 0.5) is 8.78 Å². The number of hydrogen-bond acceptors (Lipinski definition) is 3. The Labute approximate surface area is 78.3 Å². The van der Waals surface area contributed by atoms with Crippen molar-refractivity contribution >= 4 is 0 Å². The molecule has 0 aliphatic heterocycles. The van der Waals surface area contributed by atoms with E-state index in [1.165, 1.54) is 0 Å². The fourth-order valence-electron chi connectivity index (χ4n) is 1.06. The Morgan fingerprint density at radius 2 is 2.14 bits per heavy atom. The van der Waals surface area contributed by atoms with Crippen molar-refractivity contribution in [2.24, 2.45) is 0 Å². The Kier molecular flexibility index (Phi) is 2.95. The molecule has 4 nitrogen and oxygen atoms in total. The van der Waals surface area contributed by atoms with E-state index in [4.69, 9.17) is 0 Å². The van der Waals surface area contributed by atoms with E-state index in [1.54, 1.807) is 0 Å². The fraction of sp³-hybridized carbons (Fsp3) is 0.250. The minimum absolute atomic E-state index is 0.0106. The van der Waals surface area contributed by atoms with Gasteiger partial charge in [0.2, 0.25) is 12.4 Å². The molecule has 0 aliphatic rings. The Balaban J connectivity index is 3.17. The van der Waals surface area contributed by atoms with Gasteiger partial charge < -0.3 is 4.74 Å². The molecule has 76 valence electrons. The molecular formula is C8H7F2NO3. The van der Waals surface area contributed by atoms with Gasteiger partial charge in [-0.1, -0.05) is 0 Å². The predicted molar refractivity (Wildman–Crippen MR) is 43.6 cm³/mol. The van der Waals surface area contributed by atoms with Gasteiger partial charge in [0, 0.05) is 4.92 Å². The molecule has 0 atom stereocenters. The molecule has 0 saturated heterocycles. The number of nitro groups is 1. The van der Waals surface area contributed by atoms with Crippen LogP contribution in [0.25, 0.3) is 0 Å². The lowest BCUT2D eigenvalue weighted by molar-refractivity contribution is -0.497. The topological polar surface area (TPSA) is 52.4 Å². The van der Waals surface area contributed by atoms with Crippen LogP contribution in [0.5, 0.6) is 5.75 Å². The summed E-state index contributed by atoms with van der Waals surface area (Å²) in [6, 6.07) is 1.96. The number of halogens is 2. The van der Waals surface area contributed by atoms with Crippen LogP contribution in [0.15, 0.2) is 12.1 Å². The van der Waals surface area contributed by atoms with Gasteiger partial charge in [0.05, 0.1) is 12.7 Å². The summed E-state index contributed by atoms with van der Waals surface area (Å²) in [6.45, 7) is -0.597. The van der Waals surface area contributed by atoms with E-state index in [0.29, 0.717) is 0 Å². The summed E-state index contributed by atoms with van der Waals surface area (Å²) in [5, 5.41) is 10.2. The summed E-state index contributed by atoms with van der Waals surface area (Å²) in [4.78, 5) is 9.52. The largest absolute Gasteiger partial charge is 0.493 e. The van der Waals surface area contributed by atoms with Gasteiger partial charge in [0.1, 0.15) is 0 Å². The van der Waals surface area contributed by atoms with Gasteiger partial charge in [-0.3, -0.25) is 10.1 Å². The number of methoxy groups -OCH3 is 1. The summed E-state index contributed by atoms with van der Waals surface area (Å²) < 4.78 is 30.2. The van der Waals surface area contributed by atoms with Crippen LogP contribution in [-0.2, 0) is 6.54 Å². The summed E-state index contributed by atoms with van der Waals surface area (Å²) in [6.07, 6.45) is 0. The Bertz CT molecular complexity index is 368. The third-order valence-electron chi connectivity index (χ3n) is 1.64. The first-order chi connectivity index (χ1) is 6.56. The summed E-state index contributed by atoms with van der Waals surface area (Å²) >= 11 is 0. The van der Waals surface area contributed by atoms with Crippen molar-refractivity contribution in [3.63, 3.8) is 0 Å². The molecule has 6 heteroatoms. The first-order valence-electron chi connectivity index (χ1n) is 3.69. The molecule has 0 saturated carbocycles. The predicted octanol–water partition coefficient (Wildman–Crippen LogP) is 1.75. The van der Waals surface area contributed by atoms with Gasteiger partial charge in [-0.15, -0.1) is 0 Å². The van der Waals surface area contributed by atoms with Crippen molar-refractivity contribution in [3.05, 3.63) is 39.4 Å². The zero-order valence-electron chi connectivity index (χ0n) is 7.29. The van der Waals surface area contributed by atoms with Gasteiger partial charge in [-0.05, 0) is 12.1 Å². The van der Waals surface area contributed by atoms with E-state index < -0.39 is 28.9 Å². The van der Waals surface area contributed by atoms with Crippen molar-refractivity contribution < 1.29 is 18.4 Å². The van der Waals surface area contributed by atoms with E-state index in [1.807, 2.05) is 0 Å². The highest BCUT2D eigenvalue weighted by atomic mass is 19.2. The van der Waals surface area contributed by atoms with Crippen molar-refractivity contribution in [1.82, 2.24) is 0 Å². The normalized spacial score (nSPS) is 9.93. The summed E-state index contributed by atoms with van der Waals surface area (Å²) in [5.74, 6) is -2.71. The molecule has 0 unspecified atom stereocenters. The van der Waals surface area contributed by atoms with E-state index in [2.05, 4.69) is 4.74 Å². The summed E-state index contributed by atoms with van der Waals surface area (Å²) in [5.41, 5.74) is 0.0106. The highest BCUT2D eigenvalue weighted by molar-refractivity contribution is 5.35. The lowest BCUT2D eigenvalue weighted by Gasteiger charge is -2.06. The maximum Gasteiger partial charge on any atom is 0.232 e. The molecule has 1 rings (SSSR count). The molecule has 0 heterocycles. The fourth-order valence-corrected chi connectivity index (χ4v) is 1.06. The average molecular weight is 203 g/mol. The number of ether oxygens (including phenoxy) is 1. The molecule has 0 radical (unpaired) electrons. The van der Waals surface area contributed by atoms with Crippen LogP contribution >= 0.6 is 0 Å². The monoisotopic (exact) mass is 203 g/mol. The van der Waals surface area contributed by atoms with E-state index in [-0.39, 0.29) is 5.56 Å². The summed E-state index contributed by atoms with van der Waals surface area (Å²) in [7, 11) is 1.13. The number of benzene rings is 1. The SMILES string of the molecule is COc1c(C[N+](=O)[O-])ccc(F)c1F. The van der Waals surface area contributed by atoms with E-state index in [9.17, 15) is 18.9 Å². The third-order valence-corrected chi connectivity index (χ3v) is 1.64. The Hall–Kier alpha value is -1.72. The minimum Gasteiger partial charge on any atom is -0.493 e. The van der Waals surface area contributed by atoms with Gasteiger partial charge >= 0.3 is 0 Å². The number of hydrogen-bond donors (Lipinski definition) is 0. The van der Waals surface area contributed by atoms with Gasteiger partial charge in [-0.2, -0.15) is 4.39 Å². The van der Waals surface area contributed by atoms with Crippen molar-refractivity contribution in [1.29, 1.82) is 0 Å². The first kappa shape index (κ1) is 10.4.